The summed E-state index contributed by atoms with van der Waals surface area (Å²) in [5.41, 5.74) is -1.54. The van der Waals surface area contributed by atoms with Gasteiger partial charge in [0, 0.05) is 32.5 Å². The maximum atomic E-state index is 13.2. The Balaban J connectivity index is 1.61. The first-order chi connectivity index (χ1) is 14.2. The van der Waals surface area contributed by atoms with E-state index in [-0.39, 0.29) is 31.8 Å². The highest BCUT2D eigenvalue weighted by atomic mass is 19.1. The molecule has 1 aliphatic heterocycles. The van der Waals surface area contributed by atoms with Crippen LogP contribution in [0, 0.1) is 11.6 Å². The first-order valence-corrected chi connectivity index (χ1v) is 9.20. The Kier molecular flexibility index (Phi) is 6.06. The quantitative estimate of drug-likeness (QED) is 0.610. The zero-order valence-electron chi connectivity index (χ0n) is 16.1. The van der Waals surface area contributed by atoms with Gasteiger partial charge in [-0.05, 0) is 36.2 Å². The van der Waals surface area contributed by atoms with Gasteiger partial charge < -0.3 is 20.6 Å². The highest BCUT2D eigenvalue weighted by molar-refractivity contribution is 6.16. The summed E-state index contributed by atoms with van der Waals surface area (Å²) in [6.07, 6.45) is 1.36. The summed E-state index contributed by atoms with van der Waals surface area (Å²) in [5, 5.41) is 15.6. The molecule has 1 aromatic heterocycles. The van der Waals surface area contributed by atoms with Gasteiger partial charge in [0.25, 0.3) is 11.8 Å². The van der Waals surface area contributed by atoms with Crippen LogP contribution in [-0.4, -0.2) is 46.5 Å². The number of hydrogen-bond acceptors (Lipinski definition) is 5. The number of halogens is 2. The van der Waals surface area contributed by atoms with Gasteiger partial charge in [-0.15, -0.1) is 0 Å². The molecule has 1 unspecified atom stereocenters. The molecular weight excluding hydrogens is 398 g/mol. The Morgan fingerprint density at radius 2 is 1.93 bits per heavy atom. The predicted molar refractivity (Wildman–Crippen MR) is 104 cm³/mol. The van der Waals surface area contributed by atoms with E-state index in [1.807, 2.05) is 0 Å². The fourth-order valence-electron chi connectivity index (χ4n) is 3.18. The number of carbonyl (C=O) groups is 3. The minimum atomic E-state index is -2.25. The first-order valence-electron chi connectivity index (χ1n) is 9.20. The number of anilines is 2. The number of hydrogen-bond donors (Lipinski definition) is 3. The Labute approximate surface area is 170 Å². The van der Waals surface area contributed by atoms with Gasteiger partial charge in [-0.2, -0.15) is 0 Å². The van der Waals surface area contributed by atoms with Crippen LogP contribution in [0.1, 0.15) is 18.9 Å². The normalized spacial score (nSPS) is 18.4. The summed E-state index contributed by atoms with van der Waals surface area (Å²) >= 11 is 0. The Morgan fingerprint density at radius 1 is 1.23 bits per heavy atom. The fraction of sp³-hybridized carbons (Fsp3) is 0.300. The van der Waals surface area contributed by atoms with Gasteiger partial charge in [-0.25, -0.2) is 13.8 Å². The van der Waals surface area contributed by atoms with Gasteiger partial charge in [-0.3, -0.25) is 14.4 Å². The van der Waals surface area contributed by atoms with E-state index in [0.29, 0.717) is 17.1 Å². The van der Waals surface area contributed by atoms with Crippen molar-refractivity contribution in [3.8, 4) is 0 Å². The number of nitrogens with one attached hydrogen (secondary N) is 2. The van der Waals surface area contributed by atoms with Crippen LogP contribution < -0.4 is 15.5 Å². The SMILES string of the molecule is CC(=O)Nc1ccc(N2CCC(O)(C(=O)NCCc3cc(F)cc(F)c3)C2=O)cn1. The molecule has 3 N–H and O–H groups in total. The van der Waals surface area contributed by atoms with Gasteiger partial charge in [0.15, 0.2) is 0 Å². The summed E-state index contributed by atoms with van der Waals surface area (Å²) in [4.78, 5) is 41.4. The summed E-state index contributed by atoms with van der Waals surface area (Å²) in [6, 6.07) is 6.07. The van der Waals surface area contributed by atoms with Crippen molar-refractivity contribution in [1.29, 1.82) is 0 Å². The lowest BCUT2D eigenvalue weighted by Gasteiger charge is -2.21. The number of rotatable bonds is 6. The standard InChI is InChI=1S/C20H20F2N4O4/c1-12(27)25-17-3-2-16(11-24-17)26-7-5-20(30,19(26)29)18(28)23-6-4-13-8-14(21)10-15(22)9-13/h2-3,8-11,30H,4-7H2,1H3,(H,23,28)(H,24,25,27). The van der Waals surface area contributed by atoms with Crippen LogP contribution in [0.2, 0.25) is 0 Å². The summed E-state index contributed by atoms with van der Waals surface area (Å²) < 4.78 is 26.4. The van der Waals surface area contributed by atoms with Crippen LogP contribution in [0.25, 0.3) is 0 Å². The molecule has 1 saturated heterocycles. The minimum Gasteiger partial charge on any atom is -0.372 e. The average Bonchev–Trinajstić information content (AvgIpc) is 2.97. The zero-order chi connectivity index (χ0) is 21.9. The zero-order valence-corrected chi connectivity index (χ0v) is 16.1. The summed E-state index contributed by atoms with van der Waals surface area (Å²) in [7, 11) is 0. The molecular formula is C20H20F2N4O4. The molecule has 0 aliphatic carbocycles. The average molecular weight is 418 g/mol. The Bertz CT molecular complexity index is 963. The molecule has 0 spiro atoms. The second-order valence-corrected chi connectivity index (χ2v) is 6.93. The van der Waals surface area contributed by atoms with Gasteiger partial charge in [0.2, 0.25) is 11.5 Å². The Hall–Kier alpha value is -3.40. The van der Waals surface area contributed by atoms with E-state index in [0.717, 1.165) is 18.2 Å². The molecule has 0 saturated carbocycles. The van der Waals surface area contributed by atoms with E-state index >= 15 is 0 Å². The van der Waals surface area contributed by atoms with E-state index in [4.69, 9.17) is 0 Å². The number of pyridine rings is 1. The predicted octanol–water partition coefficient (Wildman–Crippen LogP) is 1.14. The number of nitrogens with zero attached hydrogens (tertiary/aromatic N) is 2. The lowest BCUT2D eigenvalue weighted by Crippen LogP contribution is -2.52. The third-order valence-corrected chi connectivity index (χ3v) is 4.66. The van der Waals surface area contributed by atoms with E-state index in [9.17, 15) is 28.3 Å². The molecule has 2 heterocycles. The molecule has 10 heteroatoms. The highest BCUT2D eigenvalue weighted by Gasteiger charge is 2.51. The van der Waals surface area contributed by atoms with Crippen molar-refractivity contribution >= 4 is 29.2 Å². The Morgan fingerprint density at radius 3 is 2.53 bits per heavy atom. The van der Waals surface area contributed by atoms with Gasteiger partial charge in [0.05, 0.1) is 11.9 Å². The van der Waals surface area contributed by atoms with Gasteiger partial charge >= 0.3 is 0 Å². The van der Waals surface area contributed by atoms with E-state index in [1.165, 1.54) is 30.2 Å². The van der Waals surface area contributed by atoms with Crippen LogP contribution >= 0.6 is 0 Å². The number of benzene rings is 1. The third-order valence-electron chi connectivity index (χ3n) is 4.66. The molecule has 2 aromatic rings. The monoisotopic (exact) mass is 418 g/mol. The molecule has 1 aromatic carbocycles. The van der Waals surface area contributed by atoms with Crippen molar-refractivity contribution in [2.45, 2.75) is 25.4 Å². The largest absolute Gasteiger partial charge is 0.372 e. The molecule has 1 fully saturated rings. The maximum Gasteiger partial charge on any atom is 0.268 e. The number of carbonyl (C=O) groups excluding carboxylic acids is 3. The second-order valence-electron chi connectivity index (χ2n) is 6.93. The molecule has 0 radical (unpaired) electrons. The van der Waals surface area contributed by atoms with Crippen LogP contribution in [0.15, 0.2) is 36.5 Å². The lowest BCUT2D eigenvalue weighted by molar-refractivity contribution is -0.149. The smallest absolute Gasteiger partial charge is 0.268 e. The molecule has 0 bridgehead atoms. The highest BCUT2D eigenvalue weighted by Crippen LogP contribution is 2.28. The van der Waals surface area contributed by atoms with Crippen LogP contribution in [-0.2, 0) is 20.8 Å². The summed E-state index contributed by atoms with van der Waals surface area (Å²) in [5.74, 6) is -3.12. The maximum absolute atomic E-state index is 13.2. The molecule has 158 valence electrons. The van der Waals surface area contributed by atoms with Crippen LogP contribution in [0.4, 0.5) is 20.3 Å². The van der Waals surface area contributed by atoms with Gasteiger partial charge in [-0.1, -0.05) is 0 Å². The number of aliphatic hydroxyl groups is 1. The van der Waals surface area contributed by atoms with Crippen molar-refractivity contribution in [2.24, 2.45) is 0 Å². The van der Waals surface area contributed by atoms with Crippen LogP contribution in [0.5, 0.6) is 0 Å². The van der Waals surface area contributed by atoms with Gasteiger partial charge in [0.1, 0.15) is 17.5 Å². The number of aromatic nitrogens is 1. The molecule has 1 atom stereocenters. The van der Waals surface area contributed by atoms with Crippen molar-refractivity contribution in [3.63, 3.8) is 0 Å². The summed E-state index contributed by atoms with van der Waals surface area (Å²) in [6.45, 7) is 1.42. The fourth-order valence-corrected chi connectivity index (χ4v) is 3.18. The molecule has 1 aliphatic rings. The van der Waals surface area contributed by atoms with Crippen molar-refractivity contribution in [1.82, 2.24) is 10.3 Å². The van der Waals surface area contributed by atoms with E-state index in [2.05, 4.69) is 15.6 Å². The minimum absolute atomic E-state index is 0.00964. The number of amides is 3. The second kappa shape index (κ2) is 8.54. The topological polar surface area (TPSA) is 112 Å². The third kappa shape index (κ3) is 4.60. The van der Waals surface area contributed by atoms with E-state index in [1.54, 1.807) is 0 Å². The molecule has 3 rings (SSSR count). The molecule has 30 heavy (non-hydrogen) atoms. The van der Waals surface area contributed by atoms with Crippen LogP contribution in [0.3, 0.4) is 0 Å². The lowest BCUT2D eigenvalue weighted by atomic mass is 10.0. The molecule has 8 nitrogen and oxygen atoms in total. The first kappa shape index (κ1) is 21.3. The molecule has 3 amide bonds. The van der Waals surface area contributed by atoms with Crippen molar-refractivity contribution < 1.29 is 28.3 Å². The van der Waals surface area contributed by atoms with Crippen molar-refractivity contribution in [2.75, 3.05) is 23.3 Å². The van der Waals surface area contributed by atoms with Crippen molar-refractivity contribution in [3.05, 3.63) is 53.7 Å². The van der Waals surface area contributed by atoms with E-state index < -0.39 is 29.0 Å².